The lowest BCUT2D eigenvalue weighted by atomic mass is 10.1. The first-order valence-corrected chi connectivity index (χ1v) is 4.41. The van der Waals surface area contributed by atoms with Gasteiger partial charge in [0.15, 0.2) is 0 Å². The standard InChI is InChI=1S/C11H13O/c1-12-11(10-7-8-10)9-5-3-2-4-6-9/h2-5,10-11H,7-8H2,1H3/t11-/m1/s1. The molecule has 0 heterocycles. The van der Waals surface area contributed by atoms with Gasteiger partial charge in [-0.1, -0.05) is 24.3 Å². The molecule has 1 aromatic carbocycles. The maximum Gasteiger partial charge on any atom is 0.0855 e. The summed E-state index contributed by atoms with van der Waals surface area (Å²) in [6.45, 7) is 0. The van der Waals surface area contributed by atoms with Crippen LogP contribution < -0.4 is 0 Å². The Morgan fingerprint density at radius 1 is 1.50 bits per heavy atom. The van der Waals surface area contributed by atoms with Gasteiger partial charge in [0, 0.05) is 7.11 Å². The maximum atomic E-state index is 5.43. The predicted octanol–water partition coefficient (Wildman–Crippen LogP) is 2.58. The number of hydrogen-bond donors (Lipinski definition) is 0. The van der Waals surface area contributed by atoms with Crippen LogP contribution in [0, 0.1) is 12.0 Å². The fraction of sp³-hybridized carbons (Fsp3) is 0.455. The molecular formula is C11H13O. The van der Waals surface area contributed by atoms with Gasteiger partial charge in [-0.25, -0.2) is 0 Å². The van der Waals surface area contributed by atoms with Gasteiger partial charge in [-0.2, -0.15) is 0 Å². The molecule has 0 unspecified atom stereocenters. The summed E-state index contributed by atoms with van der Waals surface area (Å²) in [7, 11) is 1.78. The molecule has 1 aliphatic rings. The Balaban J connectivity index is 2.15. The predicted molar refractivity (Wildman–Crippen MR) is 47.8 cm³/mol. The molecule has 2 rings (SSSR count). The van der Waals surface area contributed by atoms with E-state index in [1.807, 2.05) is 18.2 Å². The quantitative estimate of drug-likeness (QED) is 0.662. The Kier molecular flexibility index (Phi) is 2.13. The number of ether oxygens (including phenoxy) is 1. The van der Waals surface area contributed by atoms with E-state index in [0.29, 0.717) is 0 Å². The Labute approximate surface area is 73.4 Å². The lowest BCUT2D eigenvalue weighted by Crippen LogP contribution is -2.03. The molecule has 0 bridgehead atoms. The Morgan fingerprint density at radius 3 is 2.83 bits per heavy atom. The topological polar surface area (TPSA) is 9.23 Å². The van der Waals surface area contributed by atoms with Crippen molar-refractivity contribution in [2.45, 2.75) is 18.9 Å². The number of hydrogen-bond acceptors (Lipinski definition) is 1. The van der Waals surface area contributed by atoms with E-state index in [-0.39, 0.29) is 6.10 Å². The van der Waals surface area contributed by atoms with Crippen molar-refractivity contribution in [2.24, 2.45) is 5.92 Å². The third-order valence-electron chi connectivity index (χ3n) is 2.34. The molecule has 63 valence electrons. The zero-order chi connectivity index (χ0) is 8.39. The van der Waals surface area contributed by atoms with Crippen molar-refractivity contribution in [2.75, 3.05) is 7.11 Å². The van der Waals surface area contributed by atoms with Gasteiger partial charge in [-0.15, -0.1) is 0 Å². The Morgan fingerprint density at radius 2 is 2.33 bits per heavy atom. The van der Waals surface area contributed by atoms with Gasteiger partial charge < -0.3 is 4.74 Å². The second-order valence-corrected chi connectivity index (χ2v) is 3.31. The summed E-state index contributed by atoms with van der Waals surface area (Å²) in [5.41, 5.74) is 1.20. The molecule has 1 atom stereocenters. The number of methoxy groups -OCH3 is 1. The van der Waals surface area contributed by atoms with Crippen LogP contribution in [-0.2, 0) is 4.74 Å². The van der Waals surface area contributed by atoms with Gasteiger partial charge in [0.25, 0.3) is 0 Å². The van der Waals surface area contributed by atoms with E-state index < -0.39 is 0 Å². The molecule has 12 heavy (non-hydrogen) atoms. The average molecular weight is 161 g/mol. The fourth-order valence-electron chi connectivity index (χ4n) is 1.56. The molecule has 0 saturated heterocycles. The first kappa shape index (κ1) is 7.81. The molecule has 1 heteroatoms. The average Bonchev–Trinajstić information content (AvgIpc) is 2.92. The molecule has 0 aliphatic heterocycles. The van der Waals surface area contributed by atoms with E-state index in [0.717, 1.165) is 5.92 Å². The minimum atomic E-state index is 0.284. The maximum absolute atomic E-state index is 5.43. The van der Waals surface area contributed by atoms with Gasteiger partial charge in [0.05, 0.1) is 6.10 Å². The zero-order valence-corrected chi connectivity index (χ0v) is 7.29. The van der Waals surface area contributed by atoms with E-state index in [2.05, 4.69) is 12.1 Å². The molecule has 1 aromatic rings. The van der Waals surface area contributed by atoms with Crippen LogP contribution in [0.3, 0.4) is 0 Å². The van der Waals surface area contributed by atoms with Crippen LogP contribution in [0.2, 0.25) is 0 Å². The highest BCUT2D eigenvalue weighted by Crippen LogP contribution is 2.42. The Bertz CT molecular complexity index is 238. The van der Waals surface area contributed by atoms with Crippen molar-refractivity contribution in [3.8, 4) is 0 Å². The van der Waals surface area contributed by atoms with Crippen LogP contribution in [0.1, 0.15) is 24.5 Å². The third kappa shape index (κ3) is 1.51. The second-order valence-electron chi connectivity index (χ2n) is 3.31. The molecule has 1 fully saturated rings. The molecule has 1 saturated carbocycles. The molecule has 1 radical (unpaired) electrons. The van der Waals surface area contributed by atoms with E-state index in [9.17, 15) is 0 Å². The van der Waals surface area contributed by atoms with Crippen molar-refractivity contribution in [3.63, 3.8) is 0 Å². The first-order chi connectivity index (χ1) is 5.92. The van der Waals surface area contributed by atoms with Crippen molar-refractivity contribution < 1.29 is 4.74 Å². The van der Waals surface area contributed by atoms with E-state index in [1.54, 1.807) is 7.11 Å². The SMILES string of the molecule is CO[C@H](c1[c]cccc1)C1CC1. The highest BCUT2D eigenvalue weighted by Gasteiger charge is 2.32. The van der Waals surface area contributed by atoms with E-state index in [4.69, 9.17) is 4.74 Å². The summed E-state index contributed by atoms with van der Waals surface area (Å²) in [4.78, 5) is 0. The smallest absolute Gasteiger partial charge is 0.0855 e. The number of benzene rings is 1. The molecule has 0 spiro atoms. The van der Waals surface area contributed by atoms with Crippen molar-refractivity contribution in [1.29, 1.82) is 0 Å². The molecular weight excluding hydrogens is 148 g/mol. The fourth-order valence-corrected chi connectivity index (χ4v) is 1.56. The minimum absolute atomic E-state index is 0.284. The lowest BCUT2D eigenvalue weighted by molar-refractivity contribution is 0.0844. The summed E-state index contributed by atoms with van der Waals surface area (Å²) < 4.78 is 5.43. The molecule has 0 aromatic heterocycles. The van der Waals surface area contributed by atoms with Crippen LogP contribution >= 0.6 is 0 Å². The van der Waals surface area contributed by atoms with Crippen molar-refractivity contribution >= 4 is 0 Å². The number of rotatable bonds is 3. The summed E-state index contributed by atoms with van der Waals surface area (Å²) in [5, 5.41) is 0. The van der Waals surface area contributed by atoms with Gasteiger partial charge in [-0.05, 0) is 30.4 Å². The van der Waals surface area contributed by atoms with Crippen LogP contribution in [-0.4, -0.2) is 7.11 Å². The Hall–Kier alpha value is -0.820. The minimum Gasteiger partial charge on any atom is -0.376 e. The summed E-state index contributed by atoms with van der Waals surface area (Å²) in [6, 6.07) is 11.3. The van der Waals surface area contributed by atoms with Crippen LogP contribution in [0.25, 0.3) is 0 Å². The van der Waals surface area contributed by atoms with Crippen molar-refractivity contribution in [3.05, 3.63) is 35.9 Å². The first-order valence-electron chi connectivity index (χ1n) is 4.41. The largest absolute Gasteiger partial charge is 0.376 e. The lowest BCUT2D eigenvalue weighted by Gasteiger charge is -2.13. The summed E-state index contributed by atoms with van der Waals surface area (Å²) in [6.07, 6.45) is 2.90. The molecule has 0 amide bonds. The zero-order valence-electron chi connectivity index (χ0n) is 7.29. The normalized spacial score (nSPS) is 19.1. The van der Waals surface area contributed by atoms with Crippen molar-refractivity contribution in [1.82, 2.24) is 0 Å². The van der Waals surface area contributed by atoms with Crippen LogP contribution in [0.4, 0.5) is 0 Å². The second kappa shape index (κ2) is 3.28. The monoisotopic (exact) mass is 161 g/mol. The van der Waals surface area contributed by atoms with E-state index >= 15 is 0 Å². The van der Waals surface area contributed by atoms with Gasteiger partial charge >= 0.3 is 0 Å². The van der Waals surface area contributed by atoms with Gasteiger partial charge in [0.1, 0.15) is 0 Å². The van der Waals surface area contributed by atoms with Gasteiger partial charge in [-0.3, -0.25) is 0 Å². The van der Waals surface area contributed by atoms with Crippen LogP contribution in [0.15, 0.2) is 24.3 Å². The van der Waals surface area contributed by atoms with E-state index in [1.165, 1.54) is 18.4 Å². The van der Waals surface area contributed by atoms with Crippen LogP contribution in [0.5, 0.6) is 0 Å². The highest BCUT2D eigenvalue weighted by molar-refractivity contribution is 5.18. The van der Waals surface area contributed by atoms with Gasteiger partial charge in [0.2, 0.25) is 0 Å². The highest BCUT2D eigenvalue weighted by atomic mass is 16.5. The molecule has 1 nitrogen and oxygen atoms in total. The summed E-state index contributed by atoms with van der Waals surface area (Å²) in [5.74, 6) is 0.744. The summed E-state index contributed by atoms with van der Waals surface area (Å²) >= 11 is 0. The molecule has 0 N–H and O–H groups in total. The third-order valence-corrected chi connectivity index (χ3v) is 2.34. The molecule has 1 aliphatic carbocycles.